The zero-order valence-corrected chi connectivity index (χ0v) is 35.3. The Morgan fingerprint density at radius 2 is 1.71 bits per heavy atom. The van der Waals surface area contributed by atoms with Gasteiger partial charge in [0.25, 0.3) is 0 Å². The summed E-state index contributed by atoms with van der Waals surface area (Å²) in [4.78, 5) is 61.2. The van der Waals surface area contributed by atoms with E-state index < -0.39 is 71.7 Å². The molecular weight excluding hydrogens is 718 g/mol. The van der Waals surface area contributed by atoms with Crippen LogP contribution in [0.15, 0.2) is 42.5 Å². The van der Waals surface area contributed by atoms with E-state index >= 15 is 0 Å². The topological polar surface area (TPSA) is 133 Å². The van der Waals surface area contributed by atoms with Crippen LogP contribution in [0.2, 0.25) is 0 Å². The first-order valence-electron chi connectivity index (χ1n) is 20.3. The number of benzene rings is 1. The van der Waals surface area contributed by atoms with Crippen LogP contribution in [0, 0.1) is 23.7 Å². The van der Waals surface area contributed by atoms with Gasteiger partial charge in [0.05, 0.1) is 36.0 Å². The second-order valence-corrected chi connectivity index (χ2v) is 17.3. The monoisotopic (exact) mass is 783 g/mol. The molecule has 13 heteroatoms. The number of hydrogen-bond acceptors (Lipinski definition) is 12. The maximum Gasteiger partial charge on any atom is 0.411 e. The highest BCUT2D eigenvalue weighted by Crippen LogP contribution is 2.42. The van der Waals surface area contributed by atoms with E-state index in [0.29, 0.717) is 31.4 Å². The van der Waals surface area contributed by atoms with E-state index in [9.17, 15) is 19.2 Å². The Bertz CT molecular complexity index is 1570. The van der Waals surface area contributed by atoms with Crippen LogP contribution in [-0.4, -0.2) is 140 Å². The Labute approximate surface area is 333 Å². The summed E-state index contributed by atoms with van der Waals surface area (Å²) in [6, 6.07) is 8.19. The molecule has 56 heavy (non-hydrogen) atoms. The lowest BCUT2D eigenvalue weighted by Crippen LogP contribution is -2.61. The first kappa shape index (κ1) is 43.8. The number of fused-ring (bicyclic) bond motifs is 5. The number of ether oxygens (including phenoxy) is 6. The highest BCUT2D eigenvalue weighted by atomic mass is 16.7. The Morgan fingerprint density at radius 1 is 1.02 bits per heavy atom. The predicted octanol–water partition coefficient (Wildman–Crippen LogP) is 5.36. The van der Waals surface area contributed by atoms with E-state index in [2.05, 4.69) is 30.6 Å². The fourth-order valence-corrected chi connectivity index (χ4v) is 9.57. The van der Waals surface area contributed by atoms with E-state index in [-0.39, 0.29) is 49.5 Å². The predicted molar refractivity (Wildman–Crippen MR) is 210 cm³/mol. The van der Waals surface area contributed by atoms with Gasteiger partial charge < -0.3 is 38.2 Å². The van der Waals surface area contributed by atoms with Crippen molar-refractivity contribution in [3.8, 4) is 0 Å². The highest BCUT2D eigenvalue weighted by Gasteiger charge is 2.59. The first-order valence-corrected chi connectivity index (χ1v) is 20.3. The van der Waals surface area contributed by atoms with Crippen molar-refractivity contribution in [1.82, 2.24) is 14.7 Å². The third-order valence-corrected chi connectivity index (χ3v) is 12.7. The van der Waals surface area contributed by atoms with Gasteiger partial charge in [-0.05, 0) is 86.2 Å². The molecule has 0 saturated carbocycles. The minimum absolute atomic E-state index is 0.00212. The molecule has 312 valence electrons. The molecule has 0 radical (unpaired) electrons. The number of carbonyl (C=O) groups excluding carboxylic acids is 4. The average Bonchev–Trinajstić information content (AvgIpc) is 3.42. The van der Waals surface area contributed by atoms with Crippen molar-refractivity contribution in [2.75, 3.05) is 47.4 Å². The van der Waals surface area contributed by atoms with Crippen molar-refractivity contribution in [3.63, 3.8) is 0 Å². The van der Waals surface area contributed by atoms with Crippen LogP contribution < -0.4 is 0 Å². The van der Waals surface area contributed by atoms with Crippen LogP contribution in [0.5, 0.6) is 0 Å². The fourth-order valence-electron chi connectivity index (χ4n) is 9.57. The molecule has 3 saturated heterocycles. The molecule has 1 amide bonds. The van der Waals surface area contributed by atoms with Gasteiger partial charge in [0.15, 0.2) is 17.7 Å². The molecule has 4 aliphatic rings. The summed E-state index contributed by atoms with van der Waals surface area (Å²) in [6.45, 7) is 16.5. The SMILES string of the molecule is CC[C@H]1OC(=O)C(C)C(=O)[C@H](C)[C@@H](O[C@@H]2O[C@H](COC(=O)c3ccccc3)CC(N(C)C)[C@H]2C)[C@@]2(C)C[C@@H](C)CN(C)[C@H](C)[C@H]3N(C/C=C/CO2)C(=O)O[C@]13C. The van der Waals surface area contributed by atoms with Gasteiger partial charge >= 0.3 is 18.0 Å². The Hall–Kier alpha value is -3.36. The number of likely N-dealkylation sites (N-methyl/N-ethyl adjacent to an activating group) is 1. The quantitative estimate of drug-likeness (QED) is 0.153. The summed E-state index contributed by atoms with van der Waals surface area (Å²) in [5.74, 6) is -3.57. The molecule has 0 aromatic heterocycles. The number of carbonyl (C=O) groups is 4. The summed E-state index contributed by atoms with van der Waals surface area (Å²) in [5, 5.41) is 0. The minimum Gasteiger partial charge on any atom is -0.459 e. The molecule has 4 heterocycles. The Kier molecular flexibility index (Phi) is 14.1. The molecule has 4 aliphatic heterocycles. The Balaban J connectivity index is 1.55. The third kappa shape index (κ3) is 9.17. The van der Waals surface area contributed by atoms with Crippen molar-refractivity contribution in [3.05, 3.63) is 48.0 Å². The molecule has 1 aromatic carbocycles. The van der Waals surface area contributed by atoms with Crippen LogP contribution in [0.3, 0.4) is 0 Å². The van der Waals surface area contributed by atoms with Gasteiger partial charge in [0, 0.05) is 37.0 Å². The second kappa shape index (κ2) is 18.1. The molecule has 0 aliphatic carbocycles. The van der Waals surface area contributed by atoms with Crippen molar-refractivity contribution in [2.45, 2.75) is 129 Å². The molecule has 1 aromatic rings. The number of nitrogens with zero attached hydrogens (tertiary/aromatic N) is 3. The summed E-state index contributed by atoms with van der Waals surface area (Å²) in [7, 11) is 6.04. The number of Topliss-reactive ketones (excluding diaryl/α,β-unsaturated/α-hetero) is 1. The van der Waals surface area contributed by atoms with Gasteiger partial charge in [0.2, 0.25) is 0 Å². The lowest BCUT2D eigenvalue weighted by molar-refractivity contribution is -0.288. The van der Waals surface area contributed by atoms with E-state index in [1.165, 1.54) is 0 Å². The molecule has 13 atom stereocenters. The lowest BCUT2D eigenvalue weighted by Gasteiger charge is -2.48. The summed E-state index contributed by atoms with van der Waals surface area (Å²) >= 11 is 0. The molecule has 0 spiro atoms. The second-order valence-electron chi connectivity index (χ2n) is 17.3. The number of cyclic esters (lactones) is 1. The van der Waals surface area contributed by atoms with Crippen LogP contribution in [0.4, 0.5) is 4.79 Å². The van der Waals surface area contributed by atoms with Crippen molar-refractivity contribution >= 4 is 23.8 Å². The van der Waals surface area contributed by atoms with Crippen LogP contribution in [0.25, 0.3) is 0 Å². The van der Waals surface area contributed by atoms with Crippen LogP contribution >= 0.6 is 0 Å². The van der Waals surface area contributed by atoms with Crippen molar-refractivity contribution < 1.29 is 47.6 Å². The largest absolute Gasteiger partial charge is 0.459 e. The van der Waals surface area contributed by atoms with Crippen LogP contribution in [-0.2, 0) is 38.0 Å². The number of esters is 2. The molecule has 5 rings (SSSR count). The number of ketones is 1. The zero-order valence-electron chi connectivity index (χ0n) is 35.3. The molecular formula is C43H65N3O10. The van der Waals surface area contributed by atoms with E-state index in [4.69, 9.17) is 28.4 Å². The van der Waals surface area contributed by atoms with Gasteiger partial charge in [0.1, 0.15) is 18.6 Å². The summed E-state index contributed by atoms with van der Waals surface area (Å²) in [5.41, 5.74) is -1.77. The van der Waals surface area contributed by atoms with E-state index in [0.717, 1.165) is 0 Å². The first-order chi connectivity index (χ1) is 26.4. The number of hydrogen-bond donors (Lipinski definition) is 0. The maximum absolute atomic E-state index is 14.6. The van der Waals surface area contributed by atoms with E-state index in [1.54, 1.807) is 43.0 Å². The maximum atomic E-state index is 14.6. The minimum atomic E-state index is -1.18. The smallest absolute Gasteiger partial charge is 0.411 e. The molecule has 13 nitrogen and oxygen atoms in total. The number of amides is 1. The van der Waals surface area contributed by atoms with Crippen molar-refractivity contribution in [1.29, 1.82) is 0 Å². The van der Waals surface area contributed by atoms with Gasteiger partial charge in [-0.15, -0.1) is 0 Å². The number of rotatable bonds is 7. The molecule has 3 fully saturated rings. The lowest BCUT2D eigenvalue weighted by atomic mass is 9.78. The Morgan fingerprint density at radius 3 is 2.38 bits per heavy atom. The molecule has 2 bridgehead atoms. The third-order valence-electron chi connectivity index (χ3n) is 12.7. The average molecular weight is 784 g/mol. The molecule has 2 unspecified atom stereocenters. The van der Waals surface area contributed by atoms with Crippen molar-refractivity contribution in [2.24, 2.45) is 23.7 Å². The standard InChI is InChI=1S/C43H65N3O10/c1-12-34-43(8)36-30(6)45(11)24-26(2)23-42(7,52-21-17-16-20-46(36)41(50)56-43)37(28(4)35(47)29(5)38(48)54-34)55-40-27(3)33(44(9)10)22-32(53-40)25-51-39(49)31-18-14-13-15-19-31/h13-19,26-30,32-34,36-37,40H,12,20-25H2,1-11H3/b17-16+/t26-,27-,28+,29?,30-,32+,33?,34-,36-,37-,40+,42-,43-/m1/s1. The van der Waals surface area contributed by atoms with Gasteiger partial charge in [-0.1, -0.05) is 58.0 Å². The highest BCUT2D eigenvalue weighted by molar-refractivity contribution is 6.00. The van der Waals surface area contributed by atoms with Gasteiger partial charge in [-0.2, -0.15) is 0 Å². The van der Waals surface area contributed by atoms with Crippen LogP contribution in [0.1, 0.15) is 85.0 Å². The fraction of sp³-hybridized carbons (Fsp3) is 0.721. The van der Waals surface area contributed by atoms with E-state index in [1.807, 2.05) is 60.1 Å². The zero-order chi connectivity index (χ0) is 41.1. The summed E-state index contributed by atoms with van der Waals surface area (Å²) < 4.78 is 38.6. The molecule has 0 N–H and O–H groups in total. The summed E-state index contributed by atoms with van der Waals surface area (Å²) in [6.07, 6.45) is 1.83. The van der Waals surface area contributed by atoms with Gasteiger partial charge in [-0.25, -0.2) is 9.59 Å². The van der Waals surface area contributed by atoms with Gasteiger partial charge in [-0.3, -0.25) is 14.5 Å². The normalized spacial score (nSPS) is 39.7.